The second-order valence-electron chi connectivity index (χ2n) is 3.82. The van der Waals surface area contributed by atoms with E-state index in [0.29, 0.717) is 5.22 Å². The molecule has 0 aliphatic carbocycles. The highest BCUT2D eigenvalue weighted by molar-refractivity contribution is 6.31. The van der Waals surface area contributed by atoms with Gasteiger partial charge in [-0.25, -0.2) is 0 Å². The second kappa shape index (κ2) is 3.61. The van der Waals surface area contributed by atoms with Crippen LogP contribution in [0.4, 0.5) is 0 Å². The zero-order chi connectivity index (χ0) is 11.1. The number of furan rings is 1. The highest BCUT2D eigenvalue weighted by atomic mass is 35.5. The summed E-state index contributed by atoms with van der Waals surface area (Å²) in [6, 6.07) is 2.03. The minimum absolute atomic E-state index is 0.223. The van der Waals surface area contributed by atoms with Gasteiger partial charge in [0.15, 0.2) is 5.82 Å². The fourth-order valence-electron chi connectivity index (χ4n) is 1.99. The Bertz CT molecular complexity index is 519. The van der Waals surface area contributed by atoms with E-state index in [1.165, 1.54) is 0 Å². The molecule has 16 heavy (non-hydrogen) atoms. The Morgan fingerprint density at radius 1 is 1.56 bits per heavy atom. The minimum Gasteiger partial charge on any atom is -0.452 e. The zero-order valence-corrected chi connectivity index (χ0v) is 9.53. The maximum absolute atomic E-state index is 5.95. The molecule has 1 atom stereocenters. The molecule has 0 saturated heterocycles. The van der Waals surface area contributed by atoms with Crippen molar-refractivity contribution in [1.29, 1.82) is 0 Å². The lowest BCUT2D eigenvalue weighted by molar-refractivity contribution is 0.439. The molecular formula is C10H11ClN4O. The van der Waals surface area contributed by atoms with E-state index in [4.69, 9.17) is 16.0 Å². The van der Waals surface area contributed by atoms with Gasteiger partial charge in [-0.2, -0.15) is 0 Å². The fraction of sp³-hybridized carbons (Fsp3) is 0.400. The molecule has 1 aliphatic heterocycles. The molecular weight excluding hydrogens is 228 g/mol. The van der Waals surface area contributed by atoms with E-state index in [-0.39, 0.29) is 6.04 Å². The van der Waals surface area contributed by atoms with Gasteiger partial charge >= 0.3 is 0 Å². The summed E-state index contributed by atoms with van der Waals surface area (Å²) in [4.78, 5) is 0. The second-order valence-corrected chi connectivity index (χ2v) is 4.16. The molecule has 1 aliphatic rings. The summed E-state index contributed by atoms with van der Waals surface area (Å²) < 4.78 is 7.16. The normalized spacial score (nSPS) is 19.8. The lowest BCUT2D eigenvalue weighted by Crippen LogP contribution is -2.32. The van der Waals surface area contributed by atoms with E-state index < -0.39 is 0 Å². The number of rotatable bonds is 1. The van der Waals surface area contributed by atoms with Gasteiger partial charge in [0.05, 0.1) is 17.9 Å². The van der Waals surface area contributed by atoms with Crippen molar-refractivity contribution in [1.82, 2.24) is 20.1 Å². The Kier molecular flexibility index (Phi) is 2.22. The minimum atomic E-state index is 0.223. The van der Waals surface area contributed by atoms with Crippen molar-refractivity contribution in [3.8, 4) is 11.4 Å². The van der Waals surface area contributed by atoms with Crippen molar-refractivity contribution in [2.45, 2.75) is 19.5 Å². The molecule has 0 aromatic carbocycles. The van der Waals surface area contributed by atoms with Crippen LogP contribution in [-0.2, 0) is 6.54 Å². The van der Waals surface area contributed by atoms with E-state index >= 15 is 0 Å². The van der Waals surface area contributed by atoms with Gasteiger partial charge in [-0.05, 0) is 24.6 Å². The Labute approximate surface area is 97.4 Å². The van der Waals surface area contributed by atoms with Crippen LogP contribution in [0.2, 0.25) is 5.22 Å². The van der Waals surface area contributed by atoms with Crippen LogP contribution in [0.25, 0.3) is 11.4 Å². The van der Waals surface area contributed by atoms with E-state index in [0.717, 1.165) is 30.3 Å². The van der Waals surface area contributed by atoms with Gasteiger partial charge in [-0.3, -0.25) is 0 Å². The average Bonchev–Trinajstić information content (AvgIpc) is 2.84. The van der Waals surface area contributed by atoms with Crippen molar-refractivity contribution in [3.05, 3.63) is 23.4 Å². The summed E-state index contributed by atoms with van der Waals surface area (Å²) in [6.07, 6.45) is 1.56. The molecule has 6 heteroatoms. The molecule has 3 rings (SSSR count). The van der Waals surface area contributed by atoms with Crippen LogP contribution >= 0.6 is 11.6 Å². The summed E-state index contributed by atoms with van der Waals surface area (Å²) in [5.74, 6) is 1.72. The molecule has 0 bridgehead atoms. The first-order chi connectivity index (χ1) is 7.77. The van der Waals surface area contributed by atoms with E-state index in [9.17, 15) is 0 Å². The lowest BCUT2D eigenvalue weighted by atomic mass is 10.2. The largest absolute Gasteiger partial charge is 0.452 e. The maximum Gasteiger partial charge on any atom is 0.204 e. The Balaban J connectivity index is 2.13. The van der Waals surface area contributed by atoms with Gasteiger partial charge in [-0.1, -0.05) is 0 Å². The van der Waals surface area contributed by atoms with Crippen LogP contribution < -0.4 is 5.32 Å². The van der Waals surface area contributed by atoms with Crippen molar-refractivity contribution in [2.75, 3.05) is 6.54 Å². The molecule has 2 aromatic heterocycles. The zero-order valence-electron chi connectivity index (χ0n) is 8.77. The molecule has 1 N–H and O–H groups in total. The summed E-state index contributed by atoms with van der Waals surface area (Å²) >= 11 is 5.95. The number of hydrogen-bond donors (Lipinski definition) is 1. The Morgan fingerprint density at radius 3 is 3.19 bits per heavy atom. The molecule has 0 fully saturated rings. The van der Waals surface area contributed by atoms with Crippen LogP contribution in [0.5, 0.6) is 0 Å². The van der Waals surface area contributed by atoms with Gasteiger partial charge in [0.1, 0.15) is 5.82 Å². The molecule has 5 nitrogen and oxygen atoms in total. The van der Waals surface area contributed by atoms with Crippen LogP contribution in [0.3, 0.4) is 0 Å². The first-order valence-electron chi connectivity index (χ1n) is 5.17. The number of nitrogens with zero attached hydrogens (tertiary/aromatic N) is 3. The predicted molar refractivity (Wildman–Crippen MR) is 59.2 cm³/mol. The number of nitrogens with one attached hydrogen (secondary N) is 1. The Hall–Kier alpha value is -1.33. The number of halogens is 1. The SMILES string of the molecule is CC1NCCn2c(-c3ccoc3Cl)nnc21. The highest BCUT2D eigenvalue weighted by Gasteiger charge is 2.23. The summed E-state index contributed by atoms with van der Waals surface area (Å²) in [7, 11) is 0. The van der Waals surface area contributed by atoms with Crippen molar-refractivity contribution >= 4 is 11.6 Å². The average molecular weight is 239 g/mol. The van der Waals surface area contributed by atoms with Crippen LogP contribution in [0.15, 0.2) is 16.7 Å². The number of fused-ring (bicyclic) bond motifs is 1. The van der Waals surface area contributed by atoms with Gasteiger partial charge in [0, 0.05) is 13.1 Å². The van der Waals surface area contributed by atoms with Gasteiger partial charge in [0.2, 0.25) is 5.22 Å². The molecule has 0 saturated carbocycles. The van der Waals surface area contributed by atoms with E-state index in [1.54, 1.807) is 6.26 Å². The smallest absolute Gasteiger partial charge is 0.204 e. The summed E-state index contributed by atoms with van der Waals surface area (Å²) in [5, 5.41) is 12.1. The van der Waals surface area contributed by atoms with Crippen LogP contribution in [-0.4, -0.2) is 21.3 Å². The first kappa shape index (κ1) is 9.86. The van der Waals surface area contributed by atoms with E-state index in [2.05, 4.69) is 27.0 Å². The topological polar surface area (TPSA) is 55.9 Å². The first-order valence-corrected chi connectivity index (χ1v) is 5.55. The molecule has 0 amide bonds. The molecule has 1 unspecified atom stereocenters. The third kappa shape index (κ3) is 1.36. The van der Waals surface area contributed by atoms with Crippen molar-refractivity contribution in [3.63, 3.8) is 0 Å². The van der Waals surface area contributed by atoms with Crippen LogP contribution in [0, 0.1) is 0 Å². The molecule has 84 valence electrons. The molecule has 2 aromatic rings. The van der Waals surface area contributed by atoms with E-state index in [1.807, 2.05) is 6.07 Å². The van der Waals surface area contributed by atoms with Crippen molar-refractivity contribution in [2.24, 2.45) is 0 Å². The Morgan fingerprint density at radius 2 is 2.44 bits per heavy atom. The lowest BCUT2D eigenvalue weighted by Gasteiger charge is -2.21. The predicted octanol–water partition coefficient (Wildman–Crippen LogP) is 1.86. The van der Waals surface area contributed by atoms with Crippen LogP contribution in [0.1, 0.15) is 18.8 Å². The number of hydrogen-bond acceptors (Lipinski definition) is 4. The standard InChI is InChI=1S/C10H11ClN4O/c1-6-9-13-14-10(15(9)4-3-12-6)7-2-5-16-8(7)11/h2,5-6,12H,3-4H2,1H3. The number of aromatic nitrogens is 3. The monoisotopic (exact) mass is 238 g/mol. The summed E-state index contributed by atoms with van der Waals surface area (Å²) in [5.41, 5.74) is 0.800. The molecule has 3 heterocycles. The maximum atomic E-state index is 5.95. The van der Waals surface area contributed by atoms with Gasteiger partial charge in [-0.15, -0.1) is 10.2 Å². The molecule has 0 radical (unpaired) electrons. The van der Waals surface area contributed by atoms with Crippen molar-refractivity contribution < 1.29 is 4.42 Å². The fourth-order valence-corrected chi connectivity index (χ4v) is 2.19. The van der Waals surface area contributed by atoms with Gasteiger partial charge in [0.25, 0.3) is 0 Å². The summed E-state index contributed by atoms with van der Waals surface area (Å²) in [6.45, 7) is 3.83. The third-order valence-corrected chi connectivity index (χ3v) is 3.10. The molecule has 0 spiro atoms. The quantitative estimate of drug-likeness (QED) is 0.824. The third-order valence-electron chi connectivity index (χ3n) is 2.81. The highest BCUT2D eigenvalue weighted by Crippen LogP contribution is 2.29. The van der Waals surface area contributed by atoms with Gasteiger partial charge < -0.3 is 14.3 Å².